The van der Waals surface area contributed by atoms with E-state index in [4.69, 9.17) is 18.9 Å². The second kappa shape index (κ2) is 20.2. The highest BCUT2D eigenvalue weighted by atomic mass is 16.6. The topological polar surface area (TPSA) is 160 Å². The molecule has 4 amide bonds. The molecular weight excluding hydrogens is 644 g/mol. The first-order valence-electron chi connectivity index (χ1n) is 17.3. The molecule has 0 aliphatic rings. The second-order valence-electron chi connectivity index (χ2n) is 16.1. The van der Waals surface area contributed by atoms with Gasteiger partial charge >= 0.3 is 24.4 Å². The van der Waals surface area contributed by atoms with E-state index < -0.39 is 46.8 Å². The number of hydrogen-bond donors (Lipinski definition) is 4. The fourth-order valence-electron chi connectivity index (χ4n) is 4.33. The van der Waals surface area contributed by atoms with E-state index in [0.29, 0.717) is 65.4 Å². The zero-order chi connectivity index (χ0) is 38.2. The third-order valence-corrected chi connectivity index (χ3v) is 6.22. The summed E-state index contributed by atoms with van der Waals surface area (Å²) in [6, 6.07) is 8.17. The van der Waals surface area contributed by atoms with Gasteiger partial charge in [0.2, 0.25) is 0 Å². The third kappa shape index (κ3) is 24.4. The summed E-state index contributed by atoms with van der Waals surface area (Å²) in [6.45, 7) is 26.5. The van der Waals surface area contributed by atoms with Crippen molar-refractivity contribution in [2.45, 2.75) is 119 Å². The number of nitrogens with one attached hydrogen (secondary N) is 4. The molecule has 1 rings (SSSR count). The number of carbonyl (C=O) groups excluding carboxylic acids is 4. The van der Waals surface area contributed by atoms with Crippen molar-refractivity contribution < 1.29 is 38.1 Å². The van der Waals surface area contributed by atoms with E-state index >= 15 is 0 Å². The number of rotatable bonds is 16. The maximum atomic E-state index is 12.2. The summed E-state index contributed by atoms with van der Waals surface area (Å²) in [5.41, 5.74) is -0.284. The molecule has 0 heterocycles. The summed E-state index contributed by atoms with van der Waals surface area (Å²) >= 11 is 0. The standard InChI is InChI=1S/C36H64N6O8/c1-33(2,3)47-29(43)37-17-21-41(22-18-38-30(44)48-34(4,5)6)25-27-13-15-28(16-14-27)26-42(23-19-39-31(45)49-35(7,8)9)24-20-40-32(46)50-36(10,11)12/h13-16H,17-26H2,1-12H3,(H,37,43)(H,38,44)(H,39,45)(H,40,46). The number of alkyl carbamates (subject to hydrolysis) is 4. The van der Waals surface area contributed by atoms with Crippen LogP contribution in [0.25, 0.3) is 0 Å². The Morgan fingerprint density at radius 2 is 0.640 bits per heavy atom. The largest absolute Gasteiger partial charge is 0.444 e. The van der Waals surface area contributed by atoms with Crippen molar-refractivity contribution in [3.8, 4) is 0 Å². The summed E-state index contributed by atoms with van der Waals surface area (Å²) in [4.78, 5) is 53.0. The van der Waals surface area contributed by atoms with Crippen LogP contribution in [-0.4, -0.2) is 109 Å². The molecule has 0 spiro atoms. The zero-order valence-electron chi connectivity index (χ0n) is 32.5. The van der Waals surface area contributed by atoms with Gasteiger partial charge < -0.3 is 40.2 Å². The number of amides is 4. The van der Waals surface area contributed by atoms with Crippen LogP contribution in [0.1, 0.15) is 94.2 Å². The van der Waals surface area contributed by atoms with Crippen molar-refractivity contribution in [1.29, 1.82) is 0 Å². The quantitative estimate of drug-likeness (QED) is 0.164. The maximum Gasteiger partial charge on any atom is 0.407 e. The van der Waals surface area contributed by atoms with Gasteiger partial charge in [-0.2, -0.15) is 0 Å². The zero-order valence-corrected chi connectivity index (χ0v) is 32.5. The summed E-state index contributed by atoms with van der Waals surface area (Å²) < 4.78 is 21.4. The van der Waals surface area contributed by atoms with Crippen molar-refractivity contribution in [3.63, 3.8) is 0 Å². The normalized spacial score (nSPS) is 12.3. The predicted octanol–water partition coefficient (Wildman–Crippen LogP) is 5.39. The fraction of sp³-hybridized carbons (Fsp3) is 0.722. The van der Waals surface area contributed by atoms with Gasteiger partial charge in [-0.1, -0.05) is 24.3 Å². The molecule has 4 N–H and O–H groups in total. The molecule has 0 aromatic heterocycles. The van der Waals surface area contributed by atoms with Gasteiger partial charge in [-0.25, -0.2) is 19.2 Å². The molecule has 0 atom stereocenters. The minimum atomic E-state index is -0.596. The number of ether oxygens (including phenoxy) is 4. The number of nitrogens with zero attached hydrogens (tertiary/aromatic N) is 2. The van der Waals surface area contributed by atoms with Gasteiger partial charge in [0.25, 0.3) is 0 Å². The first kappa shape index (κ1) is 44.2. The first-order valence-corrected chi connectivity index (χ1v) is 17.3. The smallest absolute Gasteiger partial charge is 0.407 e. The molecule has 14 heteroatoms. The monoisotopic (exact) mass is 708 g/mol. The molecule has 0 radical (unpaired) electrons. The van der Waals surface area contributed by atoms with Gasteiger partial charge in [-0.15, -0.1) is 0 Å². The van der Waals surface area contributed by atoms with E-state index in [-0.39, 0.29) is 0 Å². The van der Waals surface area contributed by atoms with Crippen molar-refractivity contribution in [2.24, 2.45) is 0 Å². The molecule has 1 aromatic carbocycles. The Bertz CT molecular complexity index is 1040. The second-order valence-corrected chi connectivity index (χ2v) is 16.1. The summed E-state index contributed by atoms with van der Waals surface area (Å²) in [7, 11) is 0. The highest BCUT2D eigenvalue weighted by Gasteiger charge is 2.20. The summed E-state index contributed by atoms with van der Waals surface area (Å²) in [5, 5.41) is 11.2. The highest BCUT2D eigenvalue weighted by Crippen LogP contribution is 2.12. The van der Waals surface area contributed by atoms with Gasteiger partial charge in [-0.3, -0.25) is 9.80 Å². The summed E-state index contributed by atoms with van der Waals surface area (Å²) in [5.74, 6) is 0. The van der Waals surface area contributed by atoms with Crippen molar-refractivity contribution in [2.75, 3.05) is 52.4 Å². The Morgan fingerprint density at radius 1 is 0.440 bits per heavy atom. The Hall–Kier alpha value is -3.78. The number of benzene rings is 1. The van der Waals surface area contributed by atoms with E-state index in [0.717, 1.165) is 11.1 Å². The van der Waals surface area contributed by atoms with Gasteiger partial charge in [0.05, 0.1) is 0 Å². The molecule has 0 bridgehead atoms. The van der Waals surface area contributed by atoms with Gasteiger partial charge in [-0.05, 0) is 94.2 Å². The molecular formula is C36H64N6O8. The minimum absolute atomic E-state index is 0.364. The van der Waals surface area contributed by atoms with Crippen LogP contribution in [-0.2, 0) is 32.0 Å². The Kier molecular flexibility index (Phi) is 17.8. The van der Waals surface area contributed by atoms with Crippen LogP contribution in [0.5, 0.6) is 0 Å². The Morgan fingerprint density at radius 3 is 0.820 bits per heavy atom. The molecule has 0 unspecified atom stereocenters. The van der Waals surface area contributed by atoms with E-state index in [9.17, 15) is 19.2 Å². The lowest BCUT2D eigenvalue weighted by Gasteiger charge is -2.26. The molecule has 286 valence electrons. The first-order chi connectivity index (χ1) is 22.9. The Balaban J connectivity index is 2.91. The molecule has 0 aliphatic heterocycles. The maximum absolute atomic E-state index is 12.2. The number of hydrogen-bond acceptors (Lipinski definition) is 10. The average Bonchev–Trinajstić information content (AvgIpc) is 2.89. The average molecular weight is 709 g/mol. The lowest BCUT2D eigenvalue weighted by atomic mass is 10.1. The Labute approximate surface area is 299 Å². The molecule has 0 fully saturated rings. The lowest BCUT2D eigenvalue weighted by Crippen LogP contribution is -2.41. The lowest BCUT2D eigenvalue weighted by molar-refractivity contribution is 0.0500. The molecule has 0 aliphatic carbocycles. The van der Waals surface area contributed by atoms with Crippen LogP contribution in [0.2, 0.25) is 0 Å². The van der Waals surface area contributed by atoms with Gasteiger partial charge in [0, 0.05) is 65.4 Å². The van der Waals surface area contributed by atoms with E-state index in [1.54, 1.807) is 0 Å². The molecule has 50 heavy (non-hydrogen) atoms. The van der Waals surface area contributed by atoms with Crippen LogP contribution in [0, 0.1) is 0 Å². The van der Waals surface area contributed by atoms with Crippen LogP contribution in [0.15, 0.2) is 24.3 Å². The van der Waals surface area contributed by atoms with Crippen molar-refractivity contribution >= 4 is 24.4 Å². The van der Waals surface area contributed by atoms with E-state index in [1.165, 1.54) is 0 Å². The number of carbonyl (C=O) groups is 4. The van der Waals surface area contributed by atoms with Crippen LogP contribution < -0.4 is 21.3 Å². The minimum Gasteiger partial charge on any atom is -0.444 e. The molecule has 14 nitrogen and oxygen atoms in total. The van der Waals surface area contributed by atoms with E-state index in [1.807, 2.05) is 107 Å². The fourth-order valence-corrected chi connectivity index (χ4v) is 4.33. The van der Waals surface area contributed by atoms with Gasteiger partial charge in [0.15, 0.2) is 0 Å². The van der Waals surface area contributed by atoms with Crippen LogP contribution in [0.3, 0.4) is 0 Å². The summed E-state index contributed by atoms with van der Waals surface area (Å²) in [6.07, 6.45) is -1.94. The predicted molar refractivity (Wildman–Crippen MR) is 194 cm³/mol. The molecule has 0 saturated heterocycles. The van der Waals surface area contributed by atoms with Crippen molar-refractivity contribution in [3.05, 3.63) is 35.4 Å². The SMILES string of the molecule is CC(C)(C)OC(=O)NCCN(CCNC(=O)OC(C)(C)C)Cc1ccc(CN(CCNC(=O)OC(C)(C)C)CCNC(=O)OC(C)(C)C)cc1. The highest BCUT2D eigenvalue weighted by molar-refractivity contribution is 5.68. The van der Waals surface area contributed by atoms with Gasteiger partial charge in [0.1, 0.15) is 22.4 Å². The van der Waals surface area contributed by atoms with Crippen molar-refractivity contribution in [1.82, 2.24) is 31.1 Å². The van der Waals surface area contributed by atoms with Crippen LogP contribution in [0.4, 0.5) is 19.2 Å². The third-order valence-electron chi connectivity index (χ3n) is 6.22. The van der Waals surface area contributed by atoms with Crippen LogP contribution >= 0.6 is 0 Å². The molecule has 0 saturated carbocycles. The van der Waals surface area contributed by atoms with E-state index in [2.05, 4.69) is 31.1 Å². The molecule has 1 aromatic rings.